The molecule has 34 heavy (non-hydrogen) atoms. The molecule has 7 nitrogen and oxygen atoms in total. The van der Waals surface area contributed by atoms with Crippen molar-refractivity contribution < 1.29 is 9.59 Å². The molecule has 2 aromatic carbocycles. The van der Waals surface area contributed by atoms with Crippen LogP contribution in [0.3, 0.4) is 0 Å². The minimum Gasteiger partial charge on any atom is -0.366 e. The average molecular weight is 457 g/mol. The number of carbonyl (C=O) groups is 2. The van der Waals surface area contributed by atoms with E-state index in [0.29, 0.717) is 23.0 Å². The zero-order chi connectivity index (χ0) is 23.7. The summed E-state index contributed by atoms with van der Waals surface area (Å²) in [5.74, 6) is 0.665. The van der Waals surface area contributed by atoms with Crippen molar-refractivity contribution in [1.29, 1.82) is 0 Å². The van der Waals surface area contributed by atoms with Gasteiger partial charge in [-0.3, -0.25) is 9.59 Å². The molecule has 2 N–H and O–H groups in total. The first-order valence-electron chi connectivity index (χ1n) is 11.8. The Kier molecular flexibility index (Phi) is 6.20. The van der Waals surface area contributed by atoms with E-state index < -0.39 is 5.91 Å². The first-order valence-corrected chi connectivity index (χ1v) is 11.8. The molecule has 175 valence electrons. The highest BCUT2D eigenvalue weighted by atomic mass is 16.2. The molecule has 2 aliphatic rings. The van der Waals surface area contributed by atoms with Gasteiger partial charge in [-0.15, -0.1) is 0 Å². The Morgan fingerprint density at radius 3 is 2.32 bits per heavy atom. The van der Waals surface area contributed by atoms with Gasteiger partial charge in [0.1, 0.15) is 0 Å². The summed E-state index contributed by atoms with van der Waals surface area (Å²) in [7, 11) is 0. The number of amides is 2. The van der Waals surface area contributed by atoms with Crippen LogP contribution in [-0.4, -0.2) is 64.1 Å². The van der Waals surface area contributed by atoms with Crippen molar-refractivity contribution >= 4 is 11.8 Å². The summed E-state index contributed by atoms with van der Waals surface area (Å²) in [6, 6.07) is 17.4. The van der Waals surface area contributed by atoms with E-state index in [-0.39, 0.29) is 5.91 Å². The normalized spacial score (nSPS) is 20.0. The minimum absolute atomic E-state index is 0.0517. The molecule has 2 fully saturated rings. The van der Waals surface area contributed by atoms with E-state index >= 15 is 0 Å². The van der Waals surface area contributed by atoms with Crippen LogP contribution in [0.4, 0.5) is 0 Å². The standard InChI is InChI=1S/C27H30N5O2/c1-19-25(14-29-32(19)24-11-9-21(10-12-24)26(28)33)27(34)31-17-22-15-30(16-23(22)18-31)13-5-8-20-6-3-2-4-7-20/h2-4,6-12,14,22-23H,5,13,15-18H2,1H3,(H2,28,33)/t22-,23?/m0/s1. The Bertz CT molecular complexity index is 1160. The number of rotatable bonds is 7. The Morgan fingerprint density at radius 2 is 1.68 bits per heavy atom. The number of nitrogens with two attached hydrogens (primary N) is 1. The van der Waals surface area contributed by atoms with Gasteiger partial charge in [-0.2, -0.15) is 5.10 Å². The summed E-state index contributed by atoms with van der Waals surface area (Å²) in [5, 5.41) is 4.44. The van der Waals surface area contributed by atoms with Gasteiger partial charge in [-0.05, 0) is 68.0 Å². The molecular formula is C27H30N5O2. The molecule has 1 unspecified atom stereocenters. The highest BCUT2D eigenvalue weighted by molar-refractivity contribution is 5.95. The second-order valence-corrected chi connectivity index (χ2v) is 9.36. The quantitative estimate of drug-likeness (QED) is 0.593. The molecule has 1 aromatic heterocycles. The third kappa shape index (κ3) is 4.48. The molecule has 0 bridgehead atoms. The van der Waals surface area contributed by atoms with Crippen LogP contribution in [0.15, 0.2) is 60.8 Å². The number of aromatic nitrogens is 2. The number of hydrogen-bond acceptors (Lipinski definition) is 4. The summed E-state index contributed by atoms with van der Waals surface area (Å²) in [6.45, 7) is 6.70. The van der Waals surface area contributed by atoms with Crippen LogP contribution >= 0.6 is 0 Å². The number of carbonyl (C=O) groups excluding carboxylic acids is 2. The molecule has 2 aliphatic heterocycles. The maximum absolute atomic E-state index is 13.3. The maximum atomic E-state index is 13.3. The molecule has 3 aromatic rings. The van der Waals surface area contributed by atoms with Gasteiger partial charge in [0.2, 0.25) is 5.91 Å². The van der Waals surface area contributed by atoms with Crippen LogP contribution in [0.5, 0.6) is 0 Å². The van der Waals surface area contributed by atoms with Gasteiger partial charge in [0, 0.05) is 31.7 Å². The van der Waals surface area contributed by atoms with Crippen LogP contribution in [0, 0.1) is 25.2 Å². The molecular weight excluding hydrogens is 426 g/mol. The van der Waals surface area contributed by atoms with Crippen LogP contribution in [0.2, 0.25) is 0 Å². The van der Waals surface area contributed by atoms with Crippen LogP contribution in [-0.2, 0) is 0 Å². The topological polar surface area (TPSA) is 84.5 Å². The summed E-state index contributed by atoms with van der Waals surface area (Å²) >= 11 is 0. The largest absolute Gasteiger partial charge is 0.366 e. The smallest absolute Gasteiger partial charge is 0.257 e. The van der Waals surface area contributed by atoms with Crippen molar-refractivity contribution in [2.75, 3.05) is 32.7 Å². The van der Waals surface area contributed by atoms with Gasteiger partial charge < -0.3 is 15.5 Å². The van der Waals surface area contributed by atoms with Crippen molar-refractivity contribution in [3.05, 3.63) is 89.6 Å². The van der Waals surface area contributed by atoms with E-state index in [0.717, 1.165) is 50.5 Å². The fourth-order valence-corrected chi connectivity index (χ4v) is 5.26. The Morgan fingerprint density at radius 1 is 1.00 bits per heavy atom. The Hall–Kier alpha value is -3.45. The van der Waals surface area contributed by atoms with Crippen molar-refractivity contribution in [3.8, 4) is 5.69 Å². The second-order valence-electron chi connectivity index (χ2n) is 9.36. The molecule has 2 amide bonds. The van der Waals surface area contributed by atoms with Gasteiger partial charge in [0.05, 0.1) is 23.1 Å². The van der Waals surface area contributed by atoms with Gasteiger partial charge >= 0.3 is 0 Å². The monoisotopic (exact) mass is 456 g/mol. The number of nitrogens with zero attached hydrogens (tertiary/aromatic N) is 4. The van der Waals surface area contributed by atoms with Gasteiger partial charge in [-0.25, -0.2) is 4.68 Å². The predicted octanol–water partition coefficient (Wildman–Crippen LogP) is 2.93. The van der Waals surface area contributed by atoms with E-state index in [1.54, 1.807) is 35.1 Å². The molecule has 2 saturated heterocycles. The zero-order valence-corrected chi connectivity index (χ0v) is 19.4. The van der Waals surface area contributed by atoms with Crippen molar-refractivity contribution in [3.63, 3.8) is 0 Å². The second kappa shape index (κ2) is 9.43. The van der Waals surface area contributed by atoms with E-state index in [1.165, 1.54) is 5.56 Å². The molecule has 0 saturated carbocycles. The first-order chi connectivity index (χ1) is 16.5. The van der Waals surface area contributed by atoms with Crippen molar-refractivity contribution in [2.45, 2.75) is 13.3 Å². The number of likely N-dealkylation sites (tertiary alicyclic amines) is 2. The van der Waals surface area contributed by atoms with Gasteiger partial charge in [0.15, 0.2) is 0 Å². The fourth-order valence-electron chi connectivity index (χ4n) is 5.26. The van der Waals surface area contributed by atoms with Gasteiger partial charge in [0.25, 0.3) is 5.91 Å². The molecule has 1 radical (unpaired) electrons. The fraction of sp³-hybridized carbons (Fsp3) is 0.333. The van der Waals surface area contributed by atoms with Gasteiger partial charge in [-0.1, -0.05) is 30.3 Å². The maximum Gasteiger partial charge on any atom is 0.257 e. The van der Waals surface area contributed by atoms with E-state index in [2.05, 4.69) is 40.7 Å². The third-order valence-electron chi connectivity index (χ3n) is 7.11. The lowest BCUT2D eigenvalue weighted by molar-refractivity contribution is 0.0773. The molecule has 5 rings (SSSR count). The lowest BCUT2D eigenvalue weighted by Gasteiger charge is -2.21. The summed E-state index contributed by atoms with van der Waals surface area (Å²) in [4.78, 5) is 29.1. The number of primary amides is 1. The van der Waals surface area contributed by atoms with Crippen molar-refractivity contribution in [1.82, 2.24) is 19.6 Å². The Balaban J connectivity index is 1.16. The summed E-state index contributed by atoms with van der Waals surface area (Å²) in [6.07, 6.45) is 5.00. The third-order valence-corrected chi connectivity index (χ3v) is 7.11. The number of hydrogen-bond donors (Lipinski definition) is 1. The molecule has 0 aliphatic carbocycles. The summed E-state index contributed by atoms with van der Waals surface area (Å²) in [5.41, 5.74) is 9.27. The van der Waals surface area contributed by atoms with E-state index in [4.69, 9.17) is 5.73 Å². The van der Waals surface area contributed by atoms with Crippen molar-refractivity contribution in [2.24, 2.45) is 17.6 Å². The zero-order valence-electron chi connectivity index (χ0n) is 19.4. The van der Waals surface area contributed by atoms with Crippen LogP contribution in [0.25, 0.3) is 5.69 Å². The Labute approximate surface area is 200 Å². The molecule has 3 heterocycles. The lowest BCUT2D eigenvalue weighted by Crippen LogP contribution is -2.33. The first kappa shape index (κ1) is 22.3. The van der Waals surface area contributed by atoms with E-state index in [9.17, 15) is 9.59 Å². The van der Waals surface area contributed by atoms with Crippen LogP contribution in [0.1, 0.15) is 38.4 Å². The number of fused-ring (bicyclic) bond motifs is 1. The SMILES string of the molecule is Cc1c(C(=O)N2CC3CN(CC[CH]c4ccccc4)C[C@H]3C2)cnn1-c1ccc(C(N)=O)cc1. The highest BCUT2D eigenvalue weighted by Gasteiger charge is 2.41. The lowest BCUT2D eigenvalue weighted by atomic mass is 10.0. The minimum atomic E-state index is -0.466. The summed E-state index contributed by atoms with van der Waals surface area (Å²) < 4.78 is 1.74. The predicted molar refractivity (Wildman–Crippen MR) is 131 cm³/mol. The number of benzene rings is 2. The highest BCUT2D eigenvalue weighted by Crippen LogP contribution is 2.32. The molecule has 7 heteroatoms. The molecule has 0 spiro atoms. The molecule has 2 atom stereocenters. The average Bonchev–Trinajstić information content (AvgIpc) is 3.52. The van der Waals surface area contributed by atoms with Crippen LogP contribution < -0.4 is 5.73 Å². The van der Waals surface area contributed by atoms with E-state index in [1.807, 2.05) is 17.9 Å².